The summed E-state index contributed by atoms with van der Waals surface area (Å²) in [6.07, 6.45) is 5.72. The van der Waals surface area contributed by atoms with Crippen LogP contribution in [0.1, 0.15) is 36.5 Å². The molecule has 2 heterocycles. The fourth-order valence-corrected chi connectivity index (χ4v) is 2.54. The molecule has 1 fully saturated rings. The van der Waals surface area contributed by atoms with Crippen LogP contribution < -0.4 is 0 Å². The Hall–Kier alpha value is -0.860. The first-order chi connectivity index (χ1) is 7.95. The van der Waals surface area contributed by atoms with Crippen molar-refractivity contribution in [1.82, 2.24) is 0 Å². The van der Waals surface area contributed by atoms with Gasteiger partial charge in [-0.1, -0.05) is 24.3 Å². The van der Waals surface area contributed by atoms with E-state index in [-0.39, 0.29) is 6.10 Å². The van der Waals surface area contributed by atoms with Crippen molar-refractivity contribution in [3.8, 4) is 0 Å². The Kier molecular flexibility index (Phi) is 2.94. The zero-order chi connectivity index (χ0) is 10.8. The van der Waals surface area contributed by atoms with E-state index >= 15 is 0 Å². The maximum Gasteiger partial charge on any atom is 0.130 e. The average molecular weight is 217 g/mol. The topological polar surface area (TPSA) is 18.5 Å². The van der Waals surface area contributed by atoms with Gasteiger partial charge in [-0.2, -0.15) is 0 Å². The van der Waals surface area contributed by atoms with E-state index in [2.05, 4.69) is 24.3 Å². The number of ether oxygens (including phenoxy) is 2. The molecule has 1 radical (unpaired) electrons. The van der Waals surface area contributed by atoms with Crippen molar-refractivity contribution >= 4 is 0 Å². The van der Waals surface area contributed by atoms with E-state index in [1.54, 1.807) is 0 Å². The summed E-state index contributed by atoms with van der Waals surface area (Å²) >= 11 is 0. The van der Waals surface area contributed by atoms with Crippen LogP contribution in [0.2, 0.25) is 0 Å². The second-order valence-corrected chi connectivity index (χ2v) is 4.47. The van der Waals surface area contributed by atoms with E-state index in [1.165, 1.54) is 24.0 Å². The molecule has 0 saturated carbocycles. The first kappa shape index (κ1) is 10.3. The molecule has 0 N–H and O–H groups in total. The maximum atomic E-state index is 5.88. The second-order valence-electron chi connectivity index (χ2n) is 4.47. The summed E-state index contributed by atoms with van der Waals surface area (Å²) in [7, 11) is 0. The summed E-state index contributed by atoms with van der Waals surface area (Å²) in [6.45, 7) is 1.67. The molecule has 85 valence electrons. The molecular formula is C14H17O2. The fraction of sp³-hybridized carbons (Fsp3) is 0.500. The maximum absolute atomic E-state index is 5.88. The lowest BCUT2D eigenvalue weighted by atomic mass is 9.91. The van der Waals surface area contributed by atoms with Gasteiger partial charge in [-0.25, -0.2) is 0 Å². The molecule has 2 aliphatic rings. The first-order valence-corrected chi connectivity index (χ1v) is 6.13. The number of rotatable bonds is 1. The molecule has 1 atom stereocenters. The molecule has 0 spiro atoms. The Morgan fingerprint density at radius 1 is 1.00 bits per heavy atom. The van der Waals surface area contributed by atoms with Crippen molar-refractivity contribution < 1.29 is 9.47 Å². The average Bonchev–Trinajstić information content (AvgIpc) is 2.39. The summed E-state index contributed by atoms with van der Waals surface area (Å²) in [5.74, 6) is 0. The smallest absolute Gasteiger partial charge is 0.130 e. The third-order valence-electron chi connectivity index (χ3n) is 3.39. The molecule has 1 aromatic carbocycles. The second kappa shape index (κ2) is 4.56. The van der Waals surface area contributed by atoms with Gasteiger partial charge < -0.3 is 9.47 Å². The molecule has 0 bridgehead atoms. The van der Waals surface area contributed by atoms with Gasteiger partial charge >= 0.3 is 0 Å². The molecular weight excluding hydrogens is 200 g/mol. The minimum absolute atomic E-state index is 0.0882. The molecule has 1 unspecified atom stereocenters. The van der Waals surface area contributed by atoms with Crippen molar-refractivity contribution in [2.45, 2.75) is 31.8 Å². The summed E-state index contributed by atoms with van der Waals surface area (Å²) in [5, 5.41) is 0. The Morgan fingerprint density at radius 2 is 1.94 bits per heavy atom. The minimum Gasteiger partial charge on any atom is -0.370 e. The van der Waals surface area contributed by atoms with Gasteiger partial charge in [0, 0.05) is 6.61 Å². The molecule has 1 saturated heterocycles. The van der Waals surface area contributed by atoms with Crippen LogP contribution in [0, 0.1) is 6.10 Å². The molecule has 2 aliphatic heterocycles. The van der Waals surface area contributed by atoms with Gasteiger partial charge in [-0.15, -0.1) is 0 Å². The third kappa shape index (κ3) is 1.87. The van der Waals surface area contributed by atoms with Crippen LogP contribution in [-0.4, -0.2) is 13.2 Å². The van der Waals surface area contributed by atoms with Gasteiger partial charge in [0.1, 0.15) is 12.2 Å². The summed E-state index contributed by atoms with van der Waals surface area (Å²) in [4.78, 5) is 0. The number of fused-ring (bicyclic) bond motifs is 1. The third-order valence-corrected chi connectivity index (χ3v) is 3.39. The van der Waals surface area contributed by atoms with Gasteiger partial charge in [0.2, 0.25) is 0 Å². The van der Waals surface area contributed by atoms with Crippen LogP contribution in [-0.2, 0) is 15.9 Å². The summed E-state index contributed by atoms with van der Waals surface area (Å²) in [6, 6.07) is 8.57. The highest BCUT2D eigenvalue weighted by Crippen LogP contribution is 2.38. The Bertz CT molecular complexity index is 356. The molecule has 0 aromatic heterocycles. The quantitative estimate of drug-likeness (QED) is 0.720. The molecule has 0 amide bonds. The Balaban J connectivity index is 1.86. The van der Waals surface area contributed by atoms with Crippen molar-refractivity contribution in [1.29, 1.82) is 0 Å². The Morgan fingerprint density at radius 3 is 2.81 bits per heavy atom. The molecule has 2 heteroatoms. The van der Waals surface area contributed by atoms with Crippen molar-refractivity contribution in [3.05, 3.63) is 41.5 Å². The van der Waals surface area contributed by atoms with Crippen LogP contribution in [0.4, 0.5) is 0 Å². The lowest BCUT2D eigenvalue weighted by Gasteiger charge is -2.33. The van der Waals surface area contributed by atoms with Gasteiger partial charge in [-0.3, -0.25) is 0 Å². The SMILES string of the molecule is c1ccc2c(c1)CCOC2[C]1CCCCO1. The zero-order valence-electron chi connectivity index (χ0n) is 9.45. The van der Waals surface area contributed by atoms with Crippen molar-refractivity contribution in [3.63, 3.8) is 0 Å². The molecule has 3 rings (SSSR count). The van der Waals surface area contributed by atoms with Crippen LogP contribution in [0.5, 0.6) is 0 Å². The van der Waals surface area contributed by atoms with E-state index in [1.807, 2.05) is 0 Å². The van der Waals surface area contributed by atoms with Crippen LogP contribution in [0.3, 0.4) is 0 Å². The lowest BCUT2D eigenvalue weighted by molar-refractivity contribution is -0.0364. The fourth-order valence-electron chi connectivity index (χ4n) is 2.54. The largest absolute Gasteiger partial charge is 0.370 e. The highest BCUT2D eigenvalue weighted by Gasteiger charge is 2.31. The van der Waals surface area contributed by atoms with Gasteiger partial charge in [0.15, 0.2) is 0 Å². The molecule has 2 nitrogen and oxygen atoms in total. The highest BCUT2D eigenvalue weighted by atomic mass is 16.5. The minimum atomic E-state index is 0.0882. The van der Waals surface area contributed by atoms with Gasteiger partial charge in [0.05, 0.1) is 6.61 Å². The van der Waals surface area contributed by atoms with Crippen LogP contribution >= 0.6 is 0 Å². The number of benzene rings is 1. The normalized spacial score (nSPS) is 26.4. The van der Waals surface area contributed by atoms with Gasteiger partial charge in [0.25, 0.3) is 0 Å². The van der Waals surface area contributed by atoms with Crippen LogP contribution in [0.15, 0.2) is 24.3 Å². The standard InChI is InChI=1S/C14H17O2/c1-2-6-12-11(5-1)8-10-16-14(12)13-7-3-4-9-15-13/h1-2,5-6,14H,3-4,7-10H2. The monoisotopic (exact) mass is 217 g/mol. The van der Waals surface area contributed by atoms with E-state index in [9.17, 15) is 0 Å². The molecule has 16 heavy (non-hydrogen) atoms. The lowest BCUT2D eigenvalue weighted by Crippen LogP contribution is -2.26. The van der Waals surface area contributed by atoms with E-state index in [0.717, 1.165) is 32.2 Å². The first-order valence-electron chi connectivity index (χ1n) is 6.13. The Labute approximate surface area is 96.6 Å². The van der Waals surface area contributed by atoms with E-state index in [0.29, 0.717) is 0 Å². The predicted octanol–water partition coefficient (Wildman–Crippen LogP) is 3.03. The van der Waals surface area contributed by atoms with Gasteiger partial charge in [-0.05, 0) is 36.8 Å². The summed E-state index contributed by atoms with van der Waals surface area (Å²) < 4.78 is 11.6. The summed E-state index contributed by atoms with van der Waals surface area (Å²) in [5.41, 5.74) is 2.73. The molecule has 0 aliphatic carbocycles. The zero-order valence-corrected chi connectivity index (χ0v) is 9.45. The van der Waals surface area contributed by atoms with Crippen molar-refractivity contribution in [2.24, 2.45) is 0 Å². The van der Waals surface area contributed by atoms with Crippen LogP contribution in [0.25, 0.3) is 0 Å². The number of hydrogen-bond donors (Lipinski definition) is 0. The van der Waals surface area contributed by atoms with E-state index < -0.39 is 0 Å². The van der Waals surface area contributed by atoms with E-state index in [4.69, 9.17) is 9.47 Å². The number of hydrogen-bond acceptors (Lipinski definition) is 2. The highest BCUT2D eigenvalue weighted by molar-refractivity contribution is 5.33. The molecule has 1 aromatic rings. The van der Waals surface area contributed by atoms with Crippen molar-refractivity contribution in [2.75, 3.05) is 13.2 Å². The predicted molar refractivity (Wildman–Crippen MR) is 61.9 cm³/mol.